The van der Waals surface area contributed by atoms with Crippen molar-refractivity contribution in [3.63, 3.8) is 0 Å². The predicted molar refractivity (Wildman–Crippen MR) is 110 cm³/mol. The van der Waals surface area contributed by atoms with Crippen LogP contribution in [0.15, 0.2) is 71.7 Å². The average Bonchev–Trinajstić information content (AvgIpc) is 3.09. The first-order chi connectivity index (χ1) is 13.2. The summed E-state index contributed by atoms with van der Waals surface area (Å²) in [5.41, 5.74) is 10.5. The monoisotopic (exact) mass is 355 g/mol. The Morgan fingerprint density at radius 1 is 0.889 bits per heavy atom. The molecule has 3 nitrogen and oxygen atoms in total. The number of benzene rings is 4. The van der Waals surface area contributed by atoms with Crippen molar-refractivity contribution in [1.29, 1.82) is 0 Å². The number of hydrogen-bond donors (Lipinski definition) is 2. The number of nitrogens with zero attached hydrogens (tertiary/aromatic N) is 1. The van der Waals surface area contributed by atoms with E-state index in [0.717, 1.165) is 34.7 Å². The van der Waals surface area contributed by atoms with E-state index in [4.69, 9.17) is 5.73 Å². The van der Waals surface area contributed by atoms with Crippen molar-refractivity contribution in [2.24, 2.45) is 10.7 Å². The molecule has 0 radical (unpaired) electrons. The number of halogens is 1. The summed E-state index contributed by atoms with van der Waals surface area (Å²) >= 11 is 0. The summed E-state index contributed by atoms with van der Waals surface area (Å²) < 4.78 is 13.7. The summed E-state index contributed by atoms with van der Waals surface area (Å²) in [6.45, 7) is 0. The molecule has 0 saturated carbocycles. The molecule has 0 unspecified atom stereocenters. The zero-order chi connectivity index (χ0) is 18.4. The van der Waals surface area contributed by atoms with E-state index in [2.05, 4.69) is 40.6 Å². The lowest BCUT2D eigenvalue weighted by molar-refractivity contribution is 0.630. The fraction of sp³-hybridized carbons (Fsp3) is 0.0870. The molecule has 5 rings (SSSR count). The van der Waals surface area contributed by atoms with Crippen LogP contribution in [0, 0.1) is 5.82 Å². The highest BCUT2D eigenvalue weighted by atomic mass is 19.1. The average molecular weight is 355 g/mol. The number of nitrogens with two attached hydrogens (primary N) is 1. The summed E-state index contributed by atoms with van der Waals surface area (Å²) in [7, 11) is 0. The summed E-state index contributed by atoms with van der Waals surface area (Å²) in [4.78, 5) is 4.51. The smallest absolute Gasteiger partial charge is 0.198 e. The molecule has 0 fully saturated rings. The highest BCUT2D eigenvalue weighted by Gasteiger charge is 2.16. The Hall–Kier alpha value is -3.40. The normalized spacial score (nSPS) is 13.4. The Balaban J connectivity index is 1.56. The molecule has 1 aliphatic carbocycles. The molecule has 0 amide bonds. The maximum atomic E-state index is 13.7. The Morgan fingerprint density at radius 3 is 2.59 bits per heavy atom. The number of nitrogens with one attached hydrogen (secondary N) is 1. The summed E-state index contributed by atoms with van der Waals surface area (Å²) in [5, 5.41) is 7.37. The summed E-state index contributed by atoms with van der Waals surface area (Å²) in [6.07, 6.45) is 2.17. The van der Waals surface area contributed by atoms with Gasteiger partial charge in [0.25, 0.3) is 0 Å². The molecule has 0 aromatic heterocycles. The van der Waals surface area contributed by atoms with Crippen molar-refractivity contribution in [1.82, 2.24) is 0 Å². The minimum atomic E-state index is -0.288. The first-order valence-electron chi connectivity index (χ1n) is 9.02. The Kier molecular flexibility index (Phi) is 3.57. The van der Waals surface area contributed by atoms with Gasteiger partial charge in [-0.15, -0.1) is 0 Å². The van der Waals surface area contributed by atoms with E-state index in [1.54, 1.807) is 6.07 Å². The largest absolute Gasteiger partial charge is 0.369 e. The van der Waals surface area contributed by atoms with Crippen molar-refractivity contribution in [3.8, 4) is 0 Å². The van der Waals surface area contributed by atoms with Gasteiger partial charge in [-0.1, -0.05) is 42.5 Å². The number of hydrogen-bond acceptors (Lipinski definition) is 1. The van der Waals surface area contributed by atoms with E-state index in [0.29, 0.717) is 5.69 Å². The number of aliphatic imine (C=N–C) groups is 1. The third-order valence-electron chi connectivity index (χ3n) is 5.20. The van der Waals surface area contributed by atoms with Gasteiger partial charge < -0.3 is 11.1 Å². The van der Waals surface area contributed by atoms with Crippen molar-refractivity contribution < 1.29 is 4.39 Å². The van der Waals surface area contributed by atoms with Gasteiger partial charge in [0.05, 0.1) is 5.69 Å². The number of rotatable bonds is 2. The van der Waals surface area contributed by atoms with E-state index in [-0.39, 0.29) is 11.8 Å². The topological polar surface area (TPSA) is 50.4 Å². The van der Waals surface area contributed by atoms with E-state index >= 15 is 0 Å². The van der Waals surface area contributed by atoms with Crippen LogP contribution in [-0.2, 0) is 12.8 Å². The number of fused-ring (bicyclic) bond motifs is 1. The minimum absolute atomic E-state index is 0.283. The highest BCUT2D eigenvalue weighted by molar-refractivity contribution is 6.07. The minimum Gasteiger partial charge on any atom is -0.369 e. The lowest BCUT2D eigenvalue weighted by atomic mass is 10.0. The second-order valence-corrected chi connectivity index (χ2v) is 6.88. The molecule has 132 valence electrons. The van der Waals surface area contributed by atoms with Gasteiger partial charge in [0, 0.05) is 16.5 Å². The second kappa shape index (κ2) is 6.09. The summed E-state index contributed by atoms with van der Waals surface area (Å²) in [6, 6.07) is 20.9. The van der Waals surface area contributed by atoms with Crippen LogP contribution in [0.3, 0.4) is 0 Å². The van der Waals surface area contributed by atoms with E-state index in [9.17, 15) is 4.39 Å². The van der Waals surface area contributed by atoms with Crippen LogP contribution >= 0.6 is 0 Å². The molecule has 0 bridgehead atoms. The highest BCUT2D eigenvalue weighted by Crippen LogP contribution is 2.35. The van der Waals surface area contributed by atoms with Gasteiger partial charge in [-0.05, 0) is 59.0 Å². The van der Waals surface area contributed by atoms with Gasteiger partial charge in [0.15, 0.2) is 5.96 Å². The Bertz CT molecular complexity index is 1220. The Morgan fingerprint density at radius 2 is 1.70 bits per heavy atom. The number of anilines is 1. The molecule has 3 N–H and O–H groups in total. The van der Waals surface area contributed by atoms with Gasteiger partial charge in [-0.25, -0.2) is 9.38 Å². The van der Waals surface area contributed by atoms with Crippen molar-refractivity contribution in [2.75, 3.05) is 5.32 Å². The third kappa shape index (κ3) is 2.70. The molecular formula is C23H18FN3. The first kappa shape index (κ1) is 15.8. The van der Waals surface area contributed by atoms with E-state index in [1.165, 1.54) is 28.6 Å². The SMILES string of the molecule is NC(=Nc1cccc2ccc(F)cc12)Nc1ccc2c3c(cccc13)CC2. The van der Waals surface area contributed by atoms with Crippen LogP contribution in [0.1, 0.15) is 11.1 Å². The molecule has 1 aliphatic rings. The van der Waals surface area contributed by atoms with Crippen LogP contribution < -0.4 is 11.1 Å². The second-order valence-electron chi connectivity index (χ2n) is 6.88. The van der Waals surface area contributed by atoms with E-state index in [1.807, 2.05) is 18.2 Å². The number of aryl methyl sites for hydroxylation is 2. The quantitative estimate of drug-likeness (QED) is 0.379. The molecule has 0 saturated heterocycles. The molecule has 4 aromatic carbocycles. The van der Waals surface area contributed by atoms with Crippen molar-refractivity contribution >= 4 is 38.9 Å². The molecule has 4 heteroatoms. The molecule has 0 spiro atoms. The molecule has 27 heavy (non-hydrogen) atoms. The van der Waals surface area contributed by atoms with Crippen LogP contribution in [0.25, 0.3) is 21.5 Å². The molecule has 4 aromatic rings. The fourth-order valence-electron chi connectivity index (χ4n) is 3.98. The lowest BCUT2D eigenvalue weighted by Crippen LogP contribution is -2.22. The molecule has 0 atom stereocenters. The van der Waals surface area contributed by atoms with Crippen LogP contribution in [0.5, 0.6) is 0 Å². The summed E-state index contributed by atoms with van der Waals surface area (Å²) in [5.74, 6) is -0.00496. The fourth-order valence-corrected chi connectivity index (χ4v) is 3.98. The maximum absolute atomic E-state index is 13.7. The zero-order valence-corrected chi connectivity index (χ0v) is 14.7. The lowest BCUT2D eigenvalue weighted by Gasteiger charge is -2.11. The standard InChI is InChI=1S/C23H18FN3/c24-17-11-9-14-3-2-6-20(19(14)13-17)26-23(25)27-21-12-10-16-8-7-15-4-1-5-18(21)22(15)16/h1-6,9-13H,7-8H2,(H3,25,26,27). The van der Waals surface area contributed by atoms with Gasteiger partial charge in [0.2, 0.25) is 0 Å². The van der Waals surface area contributed by atoms with Gasteiger partial charge in [0.1, 0.15) is 5.82 Å². The molecule has 0 aliphatic heterocycles. The van der Waals surface area contributed by atoms with Crippen LogP contribution in [0.4, 0.5) is 15.8 Å². The van der Waals surface area contributed by atoms with E-state index < -0.39 is 0 Å². The van der Waals surface area contributed by atoms with Crippen molar-refractivity contribution in [3.05, 3.63) is 83.7 Å². The van der Waals surface area contributed by atoms with Crippen molar-refractivity contribution in [2.45, 2.75) is 12.8 Å². The Labute approximate surface area is 156 Å². The van der Waals surface area contributed by atoms with Crippen LogP contribution in [0.2, 0.25) is 0 Å². The number of guanidine groups is 1. The maximum Gasteiger partial charge on any atom is 0.198 e. The molecular weight excluding hydrogens is 337 g/mol. The van der Waals surface area contributed by atoms with Gasteiger partial charge >= 0.3 is 0 Å². The first-order valence-corrected chi connectivity index (χ1v) is 9.02. The molecule has 0 heterocycles. The zero-order valence-electron chi connectivity index (χ0n) is 14.7. The predicted octanol–water partition coefficient (Wildman–Crippen LogP) is 5.29. The van der Waals surface area contributed by atoms with Gasteiger partial charge in [-0.2, -0.15) is 0 Å². The third-order valence-corrected chi connectivity index (χ3v) is 5.20. The van der Waals surface area contributed by atoms with Gasteiger partial charge in [-0.3, -0.25) is 0 Å². The van der Waals surface area contributed by atoms with Crippen LogP contribution in [-0.4, -0.2) is 5.96 Å².